The summed E-state index contributed by atoms with van der Waals surface area (Å²) < 4.78 is 49.9. The lowest BCUT2D eigenvalue weighted by Gasteiger charge is -2.13. The Hall–Kier alpha value is -1.14. The summed E-state index contributed by atoms with van der Waals surface area (Å²) >= 11 is 0. The molecule has 0 amide bonds. The first kappa shape index (κ1) is 11.9. The molecule has 6 heteroatoms. The molecule has 0 aliphatic heterocycles. The van der Waals surface area contributed by atoms with E-state index in [0.29, 0.717) is 12.1 Å². The van der Waals surface area contributed by atoms with E-state index in [1.165, 1.54) is 0 Å². The quantitative estimate of drug-likeness (QED) is 0.749. The Balaban J connectivity index is 3.17. The minimum absolute atomic E-state index is 0.113. The number of benzene rings is 1. The van der Waals surface area contributed by atoms with Gasteiger partial charge in [-0.2, -0.15) is 13.2 Å². The normalized spacial score (nSPS) is 14.0. The highest BCUT2D eigenvalue weighted by atomic mass is 19.4. The van der Waals surface area contributed by atoms with Gasteiger partial charge >= 0.3 is 6.18 Å². The fraction of sp³-hybridized carbons (Fsp3) is 0.333. The van der Waals surface area contributed by atoms with E-state index < -0.39 is 23.6 Å². The summed E-state index contributed by atoms with van der Waals surface area (Å²) in [6, 6.07) is 1.18. The van der Waals surface area contributed by atoms with Gasteiger partial charge in [0.05, 0.1) is 5.56 Å². The largest absolute Gasteiger partial charge is 0.416 e. The zero-order valence-corrected chi connectivity index (χ0v) is 7.68. The molecular formula is C9H10F4N2. The van der Waals surface area contributed by atoms with Crippen LogP contribution in [0.4, 0.5) is 17.6 Å². The molecule has 0 fully saturated rings. The molecule has 1 aromatic rings. The van der Waals surface area contributed by atoms with Crippen LogP contribution in [0, 0.1) is 5.82 Å². The highest BCUT2D eigenvalue weighted by Crippen LogP contribution is 2.31. The van der Waals surface area contributed by atoms with Crippen LogP contribution in [0.25, 0.3) is 0 Å². The lowest BCUT2D eigenvalue weighted by Crippen LogP contribution is -2.22. The molecule has 0 aliphatic rings. The molecule has 1 aromatic carbocycles. The first-order valence-corrected chi connectivity index (χ1v) is 4.18. The molecule has 1 atom stereocenters. The van der Waals surface area contributed by atoms with Crippen LogP contribution in [-0.2, 0) is 6.18 Å². The fourth-order valence-electron chi connectivity index (χ4n) is 1.13. The van der Waals surface area contributed by atoms with Crippen LogP contribution in [0.1, 0.15) is 17.2 Å². The fourth-order valence-corrected chi connectivity index (χ4v) is 1.13. The maximum absolute atomic E-state index is 13.1. The maximum atomic E-state index is 13.1. The van der Waals surface area contributed by atoms with Crippen molar-refractivity contribution in [3.8, 4) is 0 Å². The molecule has 84 valence electrons. The second kappa shape index (κ2) is 4.16. The molecule has 4 N–H and O–H groups in total. The van der Waals surface area contributed by atoms with Crippen LogP contribution in [-0.4, -0.2) is 6.54 Å². The Bertz CT molecular complexity index is 348. The second-order valence-electron chi connectivity index (χ2n) is 3.08. The van der Waals surface area contributed by atoms with E-state index in [1.807, 2.05) is 0 Å². The number of halogens is 4. The highest BCUT2D eigenvalue weighted by molar-refractivity contribution is 5.29. The van der Waals surface area contributed by atoms with Gasteiger partial charge in [-0.1, -0.05) is 0 Å². The van der Waals surface area contributed by atoms with Crippen LogP contribution >= 0.6 is 0 Å². The average Bonchev–Trinajstić information content (AvgIpc) is 2.15. The summed E-state index contributed by atoms with van der Waals surface area (Å²) in [5.41, 5.74) is 9.39. The molecule has 0 heterocycles. The Morgan fingerprint density at radius 1 is 1.27 bits per heavy atom. The summed E-state index contributed by atoms with van der Waals surface area (Å²) in [7, 11) is 0. The van der Waals surface area contributed by atoms with Crippen molar-refractivity contribution in [2.24, 2.45) is 11.5 Å². The molecule has 0 radical (unpaired) electrons. The zero-order valence-electron chi connectivity index (χ0n) is 7.68. The van der Waals surface area contributed by atoms with E-state index in [9.17, 15) is 17.6 Å². The van der Waals surface area contributed by atoms with Crippen LogP contribution in [0.15, 0.2) is 18.2 Å². The Labute approximate surface area is 83.9 Å². The van der Waals surface area contributed by atoms with Crippen LogP contribution in [0.2, 0.25) is 0 Å². The first-order valence-electron chi connectivity index (χ1n) is 4.18. The highest BCUT2D eigenvalue weighted by Gasteiger charge is 2.31. The van der Waals surface area contributed by atoms with Crippen molar-refractivity contribution < 1.29 is 17.6 Å². The van der Waals surface area contributed by atoms with Crippen molar-refractivity contribution in [1.29, 1.82) is 0 Å². The van der Waals surface area contributed by atoms with Crippen LogP contribution < -0.4 is 11.5 Å². The predicted octanol–water partition coefficient (Wildman–Crippen LogP) is 1.80. The number of hydrogen-bond donors (Lipinski definition) is 2. The minimum Gasteiger partial charge on any atom is -0.329 e. The zero-order chi connectivity index (χ0) is 11.6. The molecule has 0 spiro atoms. The molecule has 0 bridgehead atoms. The molecule has 0 saturated heterocycles. The molecule has 0 aromatic heterocycles. The van der Waals surface area contributed by atoms with Gasteiger partial charge in [-0.05, 0) is 18.2 Å². The lowest BCUT2D eigenvalue weighted by molar-refractivity contribution is -0.137. The number of alkyl halides is 3. The van der Waals surface area contributed by atoms with Gasteiger partial charge in [0, 0.05) is 18.2 Å². The number of rotatable bonds is 2. The van der Waals surface area contributed by atoms with Gasteiger partial charge in [0.2, 0.25) is 0 Å². The van der Waals surface area contributed by atoms with Crippen molar-refractivity contribution in [3.05, 3.63) is 35.1 Å². The van der Waals surface area contributed by atoms with Gasteiger partial charge in [-0.15, -0.1) is 0 Å². The van der Waals surface area contributed by atoms with Crippen molar-refractivity contribution >= 4 is 0 Å². The standard InChI is InChI=1S/C9H10F4N2/c10-7-2-1-5(9(11,12)13)3-6(7)8(15)4-14/h1-3,8H,4,14-15H2/t8-/m0/s1. The SMILES string of the molecule is NC[C@H](N)c1cc(C(F)(F)F)ccc1F. The van der Waals surface area contributed by atoms with Crippen molar-refractivity contribution in [2.75, 3.05) is 6.54 Å². The third-order valence-electron chi connectivity index (χ3n) is 1.98. The summed E-state index contributed by atoms with van der Waals surface area (Å²) in [6.07, 6.45) is -4.50. The summed E-state index contributed by atoms with van der Waals surface area (Å²) in [4.78, 5) is 0. The molecule has 0 saturated carbocycles. The van der Waals surface area contributed by atoms with E-state index in [4.69, 9.17) is 11.5 Å². The first-order chi connectivity index (χ1) is 6.86. The minimum atomic E-state index is -4.50. The van der Waals surface area contributed by atoms with Gasteiger partial charge in [0.1, 0.15) is 5.82 Å². The van der Waals surface area contributed by atoms with E-state index >= 15 is 0 Å². The predicted molar refractivity (Wildman–Crippen MR) is 47.4 cm³/mol. The van der Waals surface area contributed by atoms with E-state index in [2.05, 4.69) is 0 Å². The van der Waals surface area contributed by atoms with E-state index in [0.717, 1.165) is 6.07 Å². The van der Waals surface area contributed by atoms with E-state index in [1.54, 1.807) is 0 Å². The third-order valence-corrected chi connectivity index (χ3v) is 1.98. The Morgan fingerprint density at radius 3 is 2.33 bits per heavy atom. The second-order valence-corrected chi connectivity index (χ2v) is 3.08. The van der Waals surface area contributed by atoms with E-state index in [-0.39, 0.29) is 12.1 Å². The molecule has 1 rings (SSSR count). The maximum Gasteiger partial charge on any atom is 0.416 e. The summed E-state index contributed by atoms with van der Waals surface area (Å²) in [5.74, 6) is -0.777. The van der Waals surface area contributed by atoms with Gasteiger partial charge in [-0.25, -0.2) is 4.39 Å². The lowest BCUT2D eigenvalue weighted by atomic mass is 10.0. The molecular weight excluding hydrogens is 212 g/mol. The number of nitrogens with two attached hydrogens (primary N) is 2. The molecule has 2 nitrogen and oxygen atoms in total. The van der Waals surface area contributed by atoms with Gasteiger partial charge in [-0.3, -0.25) is 0 Å². The summed E-state index contributed by atoms with van der Waals surface area (Å²) in [5, 5.41) is 0. The Morgan fingerprint density at radius 2 is 1.87 bits per heavy atom. The van der Waals surface area contributed by atoms with Crippen molar-refractivity contribution in [3.63, 3.8) is 0 Å². The third kappa shape index (κ3) is 2.66. The molecule has 15 heavy (non-hydrogen) atoms. The van der Waals surface area contributed by atoms with Crippen LogP contribution in [0.3, 0.4) is 0 Å². The van der Waals surface area contributed by atoms with Gasteiger partial charge in [0.15, 0.2) is 0 Å². The van der Waals surface area contributed by atoms with Gasteiger partial charge in [0.25, 0.3) is 0 Å². The number of hydrogen-bond acceptors (Lipinski definition) is 2. The molecule has 0 aliphatic carbocycles. The van der Waals surface area contributed by atoms with Crippen molar-refractivity contribution in [1.82, 2.24) is 0 Å². The van der Waals surface area contributed by atoms with Gasteiger partial charge < -0.3 is 11.5 Å². The van der Waals surface area contributed by atoms with Crippen LogP contribution in [0.5, 0.6) is 0 Å². The summed E-state index contributed by atoms with van der Waals surface area (Å²) in [6.45, 7) is -0.113. The van der Waals surface area contributed by atoms with Crippen molar-refractivity contribution in [2.45, 2.75) is 12.2 Å². The molecule has 0 unspecified atom stereocenters. The monoisotopic (exact) mass is 222 g/mol. The average molecular weight is 222 g/mol. The topological polar surface area (TPSA) is 52.0 Å². The smallest absolute Gasteiger partial charge is 0.329 e. The Kier molecular flexibility index (Phi) is 3.31.